The fraction of sp³-hybridized carbons (Fsp3) is 1.00. The Hall–Kier alpha value is -0.0331. The van der Waals surface area contributed by atoms with Crippen LogP contribution in [0.25, 0.3) is 0 Å². The van der Waals surface area contributed by atoms with Crippen molar-refractivity contribution in [3.05, 3.63) is 0 Å². The monoisotopic (exact) mass is 212 g/mol. The van der Waals surface area contributed by atoms with Crippen LogP contribution in [0.3, 0.4) is 0 Å². The molecule has 1 saturated heterocycles. The van der Waals surface area contributed by atoms with E-state index in [1.54, 1.807) is 0 Å². The summed E-state index contributed by atoms with van der Waals surface area (Å²) in [5.74, 6) is 0. The Labute approximate surface area is 77.3 Å². The molecule has 0 aromatic rings. The van der Waals surface area contributed by atoms with E-state index in [9.17, 15) is 13.2 Å². The van der Waals surface area contributed by atoms with Gasteiger partial charge in [-0.3, -0.25) is 0 Å². The fourth-order valence-electron chi connectivity index (χ4n) is 1.73. The van der Waals surface area contributed by atoms with Gasteiger partial charge in [0.15, 0.2) is 0 Å². The summed E-state index contributed by atoms with van der Waals surface area (Å²) in [4.78, 5) is 0. The van der Waals surface area contributed by atoms with Gasteiger partial charge in [-0.05, 0) is 12.5 Å². The third-order valence-corrected chi connectivity index (χ3v) is 5.61. The van der Waals surface area contributed by atoms with Crippen LogP contribution in [0.4, 0.5) is 13.2 Å². The lowest BCUT2D eigenvalue weighted by molar-refractivity contribution is -0.183. The Kier molecular flexibility index (Phi) is 3.07. The summed E-state index contributed by atoms with van der Waals surface area (Å²) in [6, 6.07) is 1.97. The molecule has 0 aliphatic carbocycles. The summed E-state index contributed by atoms with van der Waals surface area (Å²) in [6.45, 7) is 3.32. The molecule has 0 radical (unpaired) electrons. The van der Waals surface area contributed by atoms with Crippen LogP contribution in [0.2, 0.25) is 25.2 Å². The van der Waals surface area contributed by atoms with E-state index in [0.717, 1.165) is 18.5 Å². The molecule has 0 bridgehead atoms. The van der Waals surface area contributed by atoms with Crippen molar-refractivity contribution in [1.82, 2.24) is 0 Å². The minimum atomic E-state index is -4.17. The van der Waals surface area contributed by atoms with Gasteiger partial charge in [0.25, 0.3) is 0 Å². The van der Waals surface area contributed by atoms with Crippen LogP contribution in [-0.2, 0) is 4.74 Å². The normalized spacial score (nSPS) is 27.9. The van der Waals surface area contributed by atoms with Crippen molar-refractivity contribution in [2.45, 2.75) is 43.9 Å². The molecule has 0 amide bonds. The molecule has 0 aromatic heterocycles. The zero-order chi connectivity index (χ0) is 10.1. The average molecular weight is 212 g/mol. The zero-order valence-electron chi connectivity index (χ0n) is 7.95. The molecule has 0 saturated carbocycles. The van der Waals surface area contributed by atoms with Gasteiger partial charge >= 0.3 is 6.18 Å². The van der Waals surface area contributed by atoms with Gasteiger partial charge in [-0.15, -0.1) is 0 Å². The predicted molar refractivity (Wildman–Crippen MR) is 47.5 cm³/mol. The van der Waals surface area contributed by atoms with Crippen molar-refractivity contribution >= 4 is 8.07 Å². The predicted octanol–water partition coefficient (Wildman–Crippen LogP) is 3.05. The number of alkyl halides is 3. The molecule has 1 aliphatic rings. The molecule has 0 aromatic carbocycles. The SMILES string of the molecule is C[Si]1(C)CCC(OCC(F)(F)F)C1. The first-order valence-electron chi connectivity index (χ1n) is 4.47. The summed E-state index contributed by atoms with van der Waals surface area (Å²) in [5.41, 5.74) is 0. The molecule has 5 heteroatoms. The smallest absolute Gasteiger partial charge is 0.369 e. The van der Waals surface area contributed by atoms with Crippen molar-refractivity contribution in [2.75, 3.05) is 6.61 Å². The molecule has 1 fully saturated rings. The van der Waals surface area contributed by atoms with Crippen molar-refractivity contribution < 1.29 is 17.9 Å². The number of ether oxygens (including phenoxy) is 1. The lowest BCUT2D eigenvalue weighted by atomic mass is 10.3. The first-order chi connectivity index (χ1) is 5.79. The third-order valence-electron chi connectivity index (χ3n) is 2.41. The molecule has 1 heterocycles. The van der Waals surface area contributed by atoms with Crippen LogP contribution in [0.1, 0.15) is 6.42 Å². The summed E-state index contributed by atoms with van der Waals surface area (Å²) < 4.78 is 40.2. The first-order valence-corrected chi connectivity index (χ1v) is 7.88. The quantitative estimate of drug-likeness (QED) is 0.639. The maximum absolute atomic E-state index is 11.8. The first kappa shape index (κ1) is 11.0. The summed E-state index contributed by atoms with van der Waals surface area (Å²) in [7, 11) is -1.19. The van der Waals surface area contributed by atoms with E-state index >= 15 is 0 Å². The highest BCUT2D eigenvalue weighted by atomic mass is 28.3. The van der Waals surface area contributed by atoms with Crippen molar-refractivity contribution in [3.63, 3.8) is 0 Å². The fourth-order valence-corrected chi connectivity index (χ4v) is 4.59. The summed E-state index contributed by atoms with van der Waals surface area (Å²) >= 11 is 0. The molecule has 0 N–H and O–H groups in total. The van der Waals surface area contributed by atoms with Crippen molar-refractivity contribution in [3.8, 4) is 0 Å². The minimum absolute atomic E-state index is 0.136. The molecular weight excluding hydrogens is 197 g/mol. The van der Waals surface area contributed by atoms with Crippen LogP contribution in [0, 0.1) is 0 Å². The maximum atomic E-state index is 11.8. The number of halogens is 3. The van der Waals surface area contributed by atoms with Crippen LogP contribution < -0.4 is 0 Å². The van der Waals surface area contributed by atoms with E-state index in [0.29, 0.717) is 0 Å². The van der Waals surface area contributed by atoms with E-state index in [4.69, 9.17) is 4.74 Å². The second-order valence-electron chi connectivity index (χ2n) is 4.46. The highest BCUT2D eigenvalue weighted by molar-refractivity contribution is 6.78. The van der Waals surface area contributed by atoms with Gasteiger partial charge in [0.1, 0.15) is 6.61 Å². The van der Waals surface area contributed by atoms with Crippen LogP contribution >= 0.6 is 0 Å². The molecule has 1 unspecified atom stereocenters. The lowest BCUT2D eigenvalue weighted by Crippen LogP contribution is -2.25. The minimum Gasteiger partial charge on any atom is -0.369 e. The van der Waals surface area contributed by atoms with E-state index in [1.807, 2.05) is 0 Å². The largest absolute Gasteiger partial charge is 0.411 e. The highest BCUT2D eigenvalue weighted by Crippen LogP contribution is 2.32. The molecule has 13 heavy (non-hydrogen) atoms. The lowest BCUT2D eigenvalue weighted by Gasteiger charge is -2.16. The average Bonchev–Trinajstić information content (AvgIpc) is 2.24. The van der Waals surface area contributed by atoms with Crippen molar-refractivity contribution in [1.29, 1.82) is 0 Å². The van der Waals surface area contributed by atoms with Crippen LogP contribution in [0.15, 0.2) is 0 Å². The van der Waals surface area contributed by atoms with Gasteiger partial charge in [0, 0.05) is 0 Å². The molecule has 78 valence electrons. The molecule has 1 rings (SSSR count). The second kappa shape index (κ2) is 3.61. The molecular formula is C8H15F3OSi. The topological polar surface area (TPSA) is 9.23 Å². The number of rotatable bonds is 2. The Bertz CT molecular complexity index is 179. The summed E-state index contributed by atoms with van der Waals surface area (Å²) in [6.07, 6.45) is -3.49. The zero-order valence-corrected chi connectivity index (χ0v) is 8.95. The molecule has 1 aliphatic heterocycles. The van der Waals surface area contributed by atoms with E-state index in [2.05, 4.69) is 13.1 Å². The maximum Gasteiger partial charge on any atom is 0.411 e. The van der Waals surface area contributed by atoms with Gasteiger partial charge in [-0.1, -0.05) is 19.1 Å². The Morgan fingerprint density at radius 2 is 2.00 bits per heavy atom. The van der Waals surface area contributed by atoms with Crippen LogP contribution in [-0.4, -0.2) is 27.0 Å². The molecule has 1 atom stereocenters. The van der Waals surface area contributed by atoms with Gasteiger partial charge in [-0.2, -0.15) is 13.2 Å². The van der Waals surface area contributed by atoms with Gasteiger partial charge < -0.3 is 4.74 Å². The summed E-state index contributed by atoms with van der Waals surface area (Å²) in [5, 5.41) is 0. The highest BCUT2D eigenvalue weighted by Gasteiger charge is 2.36. The molecule has 0 spiro atoms. The number of hydrogen-bond acceptors (Lipinski definition) is 1. The van der Waals surface area contributed by atoms with E-state index < -0.39 is 20.9 Å². The molecule has 1 nitrogen and oxygen atoms in total. The Balaban J connectivity index is 2.25. The Morgan fingerprint density at radius 3 is 2.38 bits per heavy atom. The third kappa shape index (κ3) is 4.13. The van der Waals surface area contributed by atoms with Gasteiger partial charge in [0.05, 0.1) is 14.2 Å². The van der Waals surface area contributed by atoms with Gasteiger partial charge in [0.2, 0.25) is 0 Å². The van der Waals surface area contributed by atoms with Gasteiger partial charge in [-0.25, -0.2) is 0 Å². The second-order valence-corrected chi connectivity index (χ2v) is 9.69. The van der Waals surface area contributed by atoms with Crippen molar-refractivity contribution in [2.24, 2.45) is 0 Å². The number of hydrogen-bond donors (Lipinski definition) is 0. The van der Waals surface area contributed by atoms with E-state index in [1.165, 1.54) is 0 Å². The van der Waals surface area contributed by atoms with E-state index in [-0.39, 0.29) is 6.10 Å². The standard InChI is InChI=1S/C8H15F3OSi/c1-13(2)4-3-7(5-13)12-6-8(9,10)11/h7H,3-6H2,1-2H3. The van der Waals surface area contributed by atoms with Crippen LogP contribution in [0.5, 0.6) is 0 Å². The Morgan fingerprint density at radius 1 is 1.38 bits per heavy atom.